The smallest absolute Gasteiger partial charge is 0.0402 e. The van der Waals surface area contributed by atoms with Crippen molar-refractivity contribution in [1.82, 2.24) is 0 Å². The molecule has 0 aliphatic carbocycles. The van der Waals surface area contributed by atoms with E-state index in [4.69, 9.17) is 10.8 Å². The Morgan fingerprint density at radius 1 is 1.17 bits per heavy atom. The lowest BCUT2D eigenvalue weighted by Gasteiger charge is -1.94. The molecule has 0 aliphatic rings. The highest BCUT2D eigenvalue weighted by molar-refractivity contribution is 5.39. The van der Waals surface area contributed by atoms with E-state index in [1.165, 1.54) is 5.56 Å². The number of hydrogen-bond donors (Lipinski definition) is 2. The van der Waals surface area contributed by atoms with Crippen LogP contribution in [0.25, 0.3) is 0 Å². The number of rotatable bonds is 1. The van der Waals surface area contributed by atoms with Gasteiger partial charge in [-0.2, -0.15) is 0 Å². The summed E-state index contributed by atoms with van der Waals surface area (Å²) in [5.74, 6) is 0. The predicted octanol–water partition coefficient (Wildman–Crippen LogP) is 1.83. The molecule has 0 fully saturated rings. The molecule has 1 rings (SSSR count). The van der Waals surface area contributed by atoms with Gasteiger partial charge in [0.15, 0.2) is 0 Å². The van der Waals surface area contributed by atoms with Crippen molar-refractivity contribution in [2.75, 3.05) is 12.3 Å². The highest BCUT2D eigenvalue weighted by Crippen LogP contribution is 2.04. The fourth-order valence-electron chi connectivity index (χ4n) is 0.753. The van der Waals surface area contributed by atoms with E-state index in [1.54, 1.807) is 6.92 Å². The van der Waals surface area contributed by atoms with Gasteiger partial charge in [-0.3, -0.25) is 0 Å². The molecule has 68 valence electrons. The van der Waals surface area contributed by atoms with Gasteiger partial charge in [0.05, 0.1) is 0 Å². The topological polar surface area (TPSA) is 46.2 Å². The van der Waals surface area contributed by atoms with Gasteiger partial charge in [-0.15, -0.1) is 0 Å². The van der Waals surface area contributed by atoms with Crippen LogP contribution in [0.15, 0.2) is 24.3 Å². The van der Waals surface area contributed by atoms with Gasteiger partial charge in [0.25, 0.3) is 0 Å². The van der Waals surface area contributed by atoms with Crippen molar-refractivity contribution < 1.29 is 5.11 Å². The Bertz CT molecular complexity index is 193. The SMILES string of the molecule is CCO.CCc1ccc(N)cc1. The average Bonchev–Trinajstić information content (AvgIpc) is 2.07. The van der Waals surface area contributed by atoms with Crippen molar-refractivity contribution in [3.8, 4) is 0 Å². The Hall–Kier alpha value is -1.02. The minimum Gasteiger partial charge on any atom is -0.399 e. The molecule has 0 unspecified atom stereocenters. The third kappa shape index (κ3) is 4.74. The number of nitrogens with two attached hydrogens (primary N) is 1. The van der Waals surface area contributed by atoms with Crippen LogP contribution in [-0.2, 0) is 6.42 Å². The summed E-state index contributed by atoms with van der Waals surface area (Å²) in [5.41, 5.74) is 7.66. The zero-order valence-corrected chi connectivity index (χ0v) is 7.75. The van der Waals surface area contributed by atoms with E-state index in [2.05, 4.69) is 19.1 Å². The molecule has 2 heteroatoms. The molecule has 0 heterocycles. The summed E-state index contributed by atoms with van der Waals surface area (Å²) in [5, 5.41) is 7.57. The average molecular weight is 167 g/mol. The molecule has 0 aliphatic heterocycles. The highest BCUT2D eigenvalue weighted by atomic mass is 16.2. The van der Waals surface area contributed by atoms with E-state index >= 15 is 0 Å². The third-order valence-electron chi connectivity index (χ3n) is 1.39. The maximum Gasteiger partial charge on any atom is 0.0402 e. The van der Waals surface area contributed by atoms with Crippen molar-refractivity contribution in [2.45, 2.75) is 20.3 Å². The van der Waals surface area contributed by atoms with Gasteiger partial charge in [-0.05, 0) is 31.0 Å². The number of hydrogen-bond acceptors (Lipinski definition) is 2. The Kier molecular flexibility index (Phi) is 6.11. The molecule has 0 radical (unpaired) electrons. The molecule has 0 atom stereocenters. The number of anilines is 1. The van der Waals surface area contributed by atoms with Gasteiger partial charge in [0, 0.05) is 12.3 Å². The molecule has 3 N–H and O–H groups in total. The van der Waals surface area contributed by atoms with E-state index in [1.807, 2.05) is 12.1 Å². The number of aryl methyl sites for hydroxylation is 1. The molecular weight excluding hydrogens is 150 g/mol. The fraction of sp³-hybridized carbons (Fsp3) is 0.400. The largest absolute Gasteiger partial charge is 0.399 e. The van der Waals surface area contributed by atoms with Crippen LogP contribution < -0.4 is 5.73 Å². The summed E-state index contributed by atoms with van der Waals surface area (Å²) in [7, 11) is 0. The van der Waals surface area contributed by atoms with E-state index in [9.17, 15) is 0 Å². The molecule has 0 spiro atoms. The first-order valence-corrected chi connectivity index (χ1v) is 4.19. The van der Waals surface area contributed by atoms with Crippen LogP contribution in [0.5, 0.6) is 0 Å². The first-order valence-electron chi connectivity index (χ1n) is 4.19. The van der Waals surface area contributed by atoms with Crippen molar-refractivity contribution in [3.05, 3.63) is 29.8 Å². The second kappa shape index (κ2) is 6.68. The van der Waals surface area contributed by atoms with E-state index in [0.717, 1.165) is 12.1 Å². The molecule has 2 nitrogen and oxygen atoms in total. The van der Waals surface area contributed by atoms with Gasteiger partial charge in [-0.25, -0.2) is 0 Å². The van der Waals surface area contributed by atoms with E-state index < -0.39 is 0 Å². The Balaban J connectivity index is 0.000000354. The number of aliphatic hydroxyl groups is 1. The second-order valence-electron chi connectivity index (χ2n) is 2.41. The van der Waals surface area contributed by atoms with Gasteiger partial charge >= 0.3 is 0 Å². The molecule has 12 heavy (non-hydrogen) atoms. The van der Waals surface area contributed by atoms with Crippen LogP contribution in [0.4, 0.5) is 5.69 Å². The highest BCUT2D eigenvalue weighted by Gasteiger charge is 1.85. The minimum atomic E-state index is 0.250. The van der Waals surface area contributed by atoms with Crippen LogP contribution in [0, 0.1) is 0 Å². The maximum absolute atomic E-state index is 7.57. The number of nitrogen functional groups attached to an aromatic ring is 1. The monoisotopic (exact) mass is 167 g/mol. The first-order chi connectivity index (χ1) is 5.74. The summed E-state index contributed by atoms with van der Waals surface area (Å²) in [4.78, 5) is 0. The number of benzene rings is 1. The minimum absolute atomic E-state index is 0.250. The van der Waals surface area contributed by atoms with Gasteiger partial charge < -0.3 is 10.8 Å². The predicted molar refractivity (Wildman–Crippen MR) is 53.0 cm³/mol. The van der Waals surface area contributed by atoms with E-state index in [-0.39, 0.29) is 6.61 Å². The number of aliphatic hydroxyl groups excluding tert-OH is 1. The Labute approximate surface area is 74.0 Å². The summed E-state index contributed by atoms with van der Waals surface area (Å²) in [6.07, 6.45) is 1.08. The standard InChI is InChI=1S/C8H11N.C2H6O/c1-2-7-3-5-8(9)6-4-7;1-2-3/h3-6H,2,9H2,1H3;3H,2H2,1H3. The molecule has 1 aromatic rings. The second-order valence-corrected chi connectivity index (χ2v) is 2.41. The summed E-state index contributed by atoms with van der Waals surface area (Å²) in [6, 6.07) is 7.96. The van der Waals surface area contributed by atoms with Crippen molar-refractivity contribution in [3.63, 3.8) is 0 Å². The quantitative estimate of drug-likeness (QED) is 0.627. The summed E-state index contributed by atoms with van der Waals surface area (Å²) < 4.78 is 0. The van der Waals surface area contributed by atoms with Crippen LogP contribution in [0.2, 0.25) is 0 Å². The molecule has 1 aromatic carbocycles. The van der Waals surface area contributed by atoms with Crippen LogP contribution >= 0.6 is 0 Å². The third-order valence-corrected chi connectivity index (χ3v) is 1.39. The summed E-state index contributed by atoms with van der Waals surface area (Å²) in [6.45, 7) is 4.06. The van der Waals surface area contributed by atoms with Gasteiger partial charge in [-0.1, -0.05) is 19.1 Å². The van der Waals surface area contributed by atoms with Gasteiger partial charge in [0.1, 0.15) is 0 Å². The lowest BCUT2D eigenvalue weighted by molar-refractivity contribution is 0.318. The zero-order valence-electron chi connectivity index (χ0n) is 7.75. The molecule has 0 saturated carbocycles. The lowest BCUT2D eigenvalue weighted by atomic mass is 10.2. The Morgan fingerprint density at radius 2 is 1.58 bits per heavy atom. The first kappa shape index (κ1) is 11.0. The molecular formula is C10H17NO. The molecule has 0 aromatic heterocycles. The molecule has 0 saturated heterocycles. The maximum atomic E-state index is 7.57. The van der Waals surface area contributed by atoms with Crippen LogP contribution in [0.1, 0.15) is 19.4 Å². The van der Waals surface area contributed by atoms with Crippen molar-refractivity contribution in [2.24, 2.45) is 0 Å². The normalized spacial score (nSPS) is 8.58. The van der Waals surface area contributed by atoms with Crippen LogP contribution in [-0.4, -0.2) is 11.7 Å². The summed E-state index contributed by atoms with van der Waals surface area (Å²) >= 11 is 0. The fourth-order valence-corrected chi connectivity index (χ4v) is 0.753. The van der Waals surface area contributed by atoms with Crippen LogP contribution in [0.3, 0.4) is 0 Å². The van der Waals surface area contributed by atoms with Crippen molar-refractivity contribution in [1.29, 1.82) is 0 Å². The molecule has 0 bridgehead atoms. The Morgan fingerprint density at radius 3 is 1.92 bits per heavy atom. The molecule has 0 amide bonds. The van der Waals surface area contributed by atoms with Gasteiger partial charge in [0.2, 0.25) is 0 Å². The van der Waals surface area contributed by atoms with E-state index in [0.29, 0.717) is 0 Å². The zero-order chi connectivity index (χ0) is 9.40. The van der Waals surface area contributed by atoms with Crippen molar-refractivity contribution >= 4 is 5.69 Å². The lowest BCUT2D eigenvalue weighted by Crippen LogP contribution is -1.84.